The molecule has 2 nitrogen and oxygen atoms in total. The van der Waals surface area contributed by atoms with Gasteiger partial charge in [-0.25, -0.2) is 0 Å². The Morgan fingerprint density at radius 2 is 1.65 bits per heavy atom. The van der Waals surface area contributed by atoms with Gasteiger partial charge in [0.15, 0.2) is 5.43 Å². The third kappa shape index (κ3) is 2.34. The third-order valence-electron chi connectivity index (χ3n) is 3.50. The summed E-state index contributed by atoms with van der Waals surface area (Å²) in [7, 11) is 0. The highest BCUT2D eigenvalue weighted by atomic mass is 16.1. The number of para-hydroxylation sites is 1. The van der Waals surface area contributed by atoms with E-state index in [1.807, 2.05) is 30.3 Å². The van der Waals surface area contributed by atoms with Gasteiger partial charge in [0.1, 0.15) is 0 Å². The van der Waals surface area contributed by atoms with Crippen molar-refractivity contribution in [2.75, 3.05) is 0 Å². The van der Waals surface area contributed by atoms with Crippen molar-refractivity contribution in [2.24, 2.45) is 5.41 Å². The Morgan fingerprint density at radius 1 is 0.950 bits per heavy atom. The molecule has 1 heterocycles. The summed E-state index contributed by atoms with van der Waals surface area (Å²) >= 11 is 0. The van der Waals surface area contributed by atoms with Gasteiger partial charge in [0.2, 0.25) is 0 Å². The molecule has 1 N–H and O–H groups in total. The van der Waals surface area contributed by atoms with E-state index in [9.17, 15) is 4.79 Å². The van der Waals surface area contributed by atoms with Gasteiger partial charge in [-0.05, 0) is 41.7 Å². The summed E-state index contributed by atoms with van der Waals surface area (Å²) in [6, 6.07) is 13.8. The molecule has 0 bridgehead atoms. The van der Waals surface area contributed by atoms with Crippen molar-refractivity contribution in [2.45, 2.75) is 27.2 Å². The molecule has 20 heavy (non-hydrogen) atoms. The molecule has 0 aliphatic rings. The standard InChI is InChI=1S/C18H19NO/c1-18(2,3)11-12-8-9-14-16(10-12)19-15-7-5-4-6-13(15)17(14)20/h4-10H,11H2,1-3H3,(H,19,20). The summed E-state index contributed by atoms with van der Waals surface area (Å²) in [5.74, 6) is 0. The van der Waals surface area contributed by atoms with E-state index in [2.05, 4.69) is 37.9 Å². The highest BCUT2D eigenvalue weighted by Crippen LogP contribution is 2.23. The van der Waals surface area contributed by atoms with Crippen LogP contribution in [0.4, 0.5) is 0 Å². The van der Waals surface area contributed by atoms with Crippen LogP contribution in [0.5, 0.6) is 0 Å². The highest BCUT2D eigenvalue weighted by molar-refractivity contribution is 5.92. The van der Waals surface area contributed by atoms with Crippen molar-refractivity contribution >= 4 is 21.8 Å². The zero-order valence-electron chi connectivity index (χ0n) is 12.2. The van der Waals surface area contributed by atoms with E-state index in [1.54, 1.807) is 0 Å². The van der Waals surface area contributed by atoms with E-state index in [1.165, 1.54) is 5.56 Å². The predicted octanol–water partition coefficient (Wildman–Crippen LogP) is 4.27. The zero-order valence-corrected chi connectivity index (χ0v) is 12.2. The molecule has 3 aromatic rings. The quantitative estimate of drug-likeness (QED) is 0.655. The molecule has 0 fully saturated rings. The number of H-pyrrole nitrogens is 1. The van der Waals surface area contributed by atoms with Crippen molar-refractivity contribution in [1.29, 1.82) is 0 Å². The summed E-state index contributed by atoms with van der Waals surface area (Å²) < 4.78 is 0. The monoisotopic (exact) mass is 265 g/mol. The molecule has 0 saturated heterocycles. The molecule has 0 aliphatic carbocycles. The van der Waals surface area contributed by atoms with Crippen molar-refractivity contribution < 1.29 is 0 Å². The van der Waals surface area contributed by atoms with Crippen LogP contribution in [0.1, 0.15) is 26.3 Å². The number of rotatable bonds is 1. The number of hydrogen-bond donors (Lipinski definition) is 1. The second kappa shape index (κ2) is 4.48. The summed E-state index contributed by atoms with van der Waals surface area (Å²) in [5, 5.41) is 1.52. The first kappa shape index (κ1) is 12.9. The molecule has 0 aliphatic heterocycles. The SMILES string of the molecule is CC(C)(C)Cc1ccc2c(=O)c3ccccc3[nH]c2c1. The molecule has 0 saturated carbocycles. The molecule has 0 unspecified atom stereocenters. The minimum Gasteiger partial charge on any atom is -0.354 e. The summed E-state index contributed by atoms with van der Waals surface area (Å²) in [5.41, 5.74) is 3.44. The molecule has 2 heteroatoms. The second-order valence-electron chi connectivity index (χ2n) is 6.62. The fourth-order valence-corrected chi connectivity index (χ4v) is 2.70. The van der Waals surface area contributed by atoms with Gasteiger partial charge in [-0.1, -0.05) is 39.0 Å². The maximum atomic E-state index is 12.5. The highest BCUT2D eigenvalue weighted by Gasteiger charge is 2.12. The minimum atomic E-state index is 0.108. The Balaban J connectivity index is 2.25. The molecule has 0 amide bonds. The summed E-state index contributed by atoms with van der Waals surface area (Å²) in [6.07, 6.45) is 0.998. The molecule has 0 atom stereocenters. The van der Waals surface area contributed by atoms with Crippen LogP contribution in [0.25, 0.3) is 21.8 Å². The van der Waals surface area contributed by atoms with Crippen LogP contribution in [0, 0.1) is 5.41 Å². The van der Waals surface area contributed by atoms with Gasteiger partial charge in [0.25, 0.3) is 0 Å². The topological polar surface area (TPSA) is 32.9 Å². The lowest BCUT2D eigenvalue weighted by atomic mass is 9.88. The number of hydrogen-bond acceptors (Lipinski definition) is 1. The summed E-state index contributed by atoms with van der Waals surface area (Å²) in [4.78, 5) is 15.8. The van der Waals surface area contributed by atoms with Crippen molar-refractivity contribution in [1.82, 2.24) is 4.98 Å². The first-order valence-corrected chi connectivity index (χ1v) is 6.98. The molecule has 1 aromatic heterocycles. The maximum absolute atomic E-state index is 12.5. The average Bonchev–Trinajstić information content (AvgIpc) is 2.37. The van der Waals surface area contributed by atoms with E-state index in [0.717, 1.165) is 28.2 Å². The number of nitrogens with one attached hydrogen (secondary N) is 1. The Morgan fingerprint density at radius 3 is 2.40 bits per heavy atom. The van der Waals surface area contributed by atoms with E-state index in [0.29, 0.717) is 0 Å². The second-order valence-corrected chi connectivity index (χ2v) is 6.62. The van der Waals surface area contributed by atoms with Gasteiger partial charge < -0.3 is 4.98 Å². The Labute approximate surface area is 118 Å². The molecule has 0 spiro atoms. The van der Waals surface area contributed by atoms with Crippen LogP contribution >= 0.6 is 0 Å². The molecular weight excluding hydrogens is 246 g/mol. The molecule has 0 radical (unpaired) electrons. The van der Waals surface area contributed by atoms with Gasteiger partial charge in [0, 0.05) is 16.3 Å². The minimum absolute atomic E-state index is 0.108. The number of fused-ring (bicyclic) bond motifs is 2. The van der Waals surface area contributed by atoms with Crippen LogP contribution in [0.3, 0.4) is 0 Å². The van der Waals surface area contributed by atoms with Gasteiger partial charge in [-0.2, -0.15) is 0 Å². The molecule has 2 aromatic carbocycles. The lowest BCUT2D eigenvalue weighted by Gasteiger charge is -2.18. The van der Waals surface area contributed by atoms with E-state index >= 15 is 0 Å². The van der Waals surface area contributed by atoms with E-state index in [4.69, 9.17) is 0 Å². The van der Waals surface area contributed by atoms with Crippen molar-refractivity contribution in [3.05, 3.63) is 58.3 Å². The summed E-state index contributed by atoms with van der Waals surface area (Å²) in [6.45, 7) is 6.67. The fraction of sp³-hybridized carbons (Fsp3) is 0.278. The van der Waals surface area contributed by atoms with Crippen LogP contribution in [0.2, 0.25) is 0 Å². The Kier molecular flexibility index (Phi) is 2.89. The Hall–Kier alpha value is -2.09. The number of pyridine rings is 1. The first-order chi connectivity index (χ1) is 9.44. The van der Waals surface area contributed by atoms with E-state index in [-0.39, 0.29) is 10.8 Å². The van der Waals surface area contributed by atoms with Crippen molar-refractivity contribution in [3.63, 3.8) is 0 Å². The maximum Gasteiger partial charge on any atom is 0.197 e. The molecule has 3 rings (SSSR count). The van der Waals surface area contributed by atoms with Crippen LogP contribution in [-0.2, 0) is 6.42 Å². The largest absolute Gasteiger partial charge is 0.354 e. The van der Waals surface area contributed by atoms with Crippen LogP contribution < -0.4 is 5.43 Å². The number of aromatic amines is 1. The lowest BCUT2D eigenvalue weighted by molar-refractivity contribution is 0.411. The normalized spacial score (nSPS) is 12.2. The van der Waals surface area contributed by atoms with Gasteiger partial charge in [-0.3, -0.25) is 4.79 Å². The number of aromatic nitrogens is 1. The van der Waals surface area contributed by atoms with Crippen LogP contribution in [-0.4, -0.2) is 4.98 Å². The Bertz CT molecular complexity index is 837. The third-order valence-corrected chi connectivity index (χ3v) is 3.50. The lowest BCUT2D eigenvalue weighted by Crippen LogP contribution is -2.10. The van der Waals surface area contributed by atoms with E-state index < -0.39 is 0 Å². The number of benzene rings is 2. The molecular formula is C18H19NO. The van der Waals surface area contributed by atoms with Gasteiger partial charge in [-0.15, -0.1) is 0 Å². The zero-order chi connectivity index (χ0) is 14.3. The van der Waals surface area contributed by atoms with Crippen LogP contribution in [0.15, 0.2) is 47.3 Å². The average molecular weight is 265 g/mol. The predicted molar refractivity (Wildman–Crippen MR) is 85.2 cm³/mol. The van der Waals surface area contributed by atoms with Crippen molar-refractivity contribution in [3.8, 4) is 0 Å². The van der Waals surface area contributed by atoms with Gasteiger partial charge >= 0.3 is 0 Å². The van der Waals surface area contributed by atoms with Gasteiger partial charge in [0.05, 0.1) is 5.52 Å². The fourth-order valence-electron chi connectivity index (χ4n) is 2.70. The molecule has 102 valence electrons. The smallest absolute Gasteiger partial charge is 0.197 e. The first-order valence-electron chi connectivity index (χ1n) is 6.98.